The number of nitrogens with zero attached hydrogens (tertiary/aromatic N) is 2. The normalized spacial score (nSPS) is 10.8. The van der Waals surface area contributed by atoms with E-state index >= 15 is 0 Å². The topological polar surface area (TPSA) is 55.2 Å². The van der Waals surface area contributed by atoms with Gasteiger partial charge in [0, 0.05) is 18.0 Å². The van der Waals surface area contributed by atoms with Crippen LogP contribution in [0.25, 0.3) is 0 Å². The molecule has 2 heterocycles. The van der Waals surface area contributed by atoms with E-state index in [9.17, 15) is 5.11 Å². The van der Waals surface area contributed by atoms with Gasteiger partial charge in [0.1, 0.15) is 0 Å². The van der Waals surface area contributed by atoms with Crippen LogP contribution in [0.15, 0.2) is 30.5 Å². The van der Waals surface area contributed by atoms with E-state index in [2.05, 4.69) is 23.8 Å². The molecule has 2 rings (SSSR count). The number of rotatable bonds is 4. The first-order chi connectivity index (χ1) is 9.10. The fourth-order valence-corrected chi connectivity index (χ4v) is 1.71. The average molecular weight is 258 g/mol. The maximum absolute atomic E-state index is 9.29. The van der Waals surface area contributed by atoms with Gasteiger partial charge in [0.05, 0.1) is 12.3 Å². The number of aliphatic hydroxyl groups is 1. The highest BCUT2D eigenvalue weighted by atomic mass is 16.5. The first-order valence-corrected chi connectivity index (χ1v) is 6.31. The Morgan fingerprint density at radius 1 is 1.32 bits per heavy atom. The Bertz CT molecular complexity index is 568. The number of aryl methyl sites for hydroxylation is 1. The zero-order valence-corrected chi connectivity index (χ0v) is 11.4. The highest BCUT2D eigenvalue weighted by Gasteiger charge is 2.09. The number of aromatic nitrogens is 2. The van der Waals surface area contributed by atoms with Gasteiger partial charge in [-0.05, 0) is 36.6 Å². The second-order valence-electron chi connectivity index (χ2n) is 4.74. The summed E-state index contributed by atoms with van der Waals surface area (Å²) in [5.41, 5.74) is 2.52. The van der Waals surface area contributed by atoms with Gasteiger partial charge in [0.2, 0.25) is 5.88 Å². The highest BCUT2D eigenvalue weighted by molar-refractivity contribution is 5.33. The molecule has 100 valence electrons. The maximum atomic E-state index is 9.29. The Hall–Kier alpha value is -1.94. The third-order valence-electron chi connectivity index (χ3n) is 2.83. The van der Waals surface area contributed by atoms with E-state index in [1.54, 1.807) is 12.3 Å². The van der Waals surface area contributed by atoms with Crippen LogP contribution in [-0.2, 0) is 6.61 Å². The summed E-state index contributed by atoms with van der Waals surface area (Å²) in [4.78, 5) is 8.63. The molecule has 0 radical (unpaired) electrons. The van der Waals surface area contributed by atoms with Crippen molar-refractivity contribution in [3.63, 3.8) is 0 Å². The molecule has 19 heavy (non-hydrogen) atoms. The first-order valence-electron chi connectivity index (χ1n) is 6.31. The molecule has 2 aromatic rings. The highest BCUT2D eigenvalue weighted by Crippen LogP contribution is 2.25. The molecule has 0 aromatic carbocycles. The minimum atomic E-state index is -0.0232. The zero-order valence-electron chi connectivity index (χ0n) is 11.4. The van der Waals surface area contributed by atoms with Crippen LogP contribution in [0.5, 0.6) is 11.6 Å². The summed E-state index contributed by atoms with van der Waals surface area (Å²) < 4.78 is 5.76. The van der Waals surface area contributed by atoms with Crippen LogP contribution in [0.4, 0.5) is 0 Å². The molecule has 0 aliphatic rings. The molecular formula is C15H18N2O2. The molecule has 0 saturated heterocycles. The lowest BCUT2D eigenvalue weighted by molar-refractivity contribution is 0.280. The largest absolute Gasteiger partial charge is 0.437 e. The molecule has 4 heteroatoms. The van der Waals surface area contributed by atoms with Gasteiger partial charge in [0.15, 0.2) is 5.75 Å². The van der Waals surface area contributed by atoms with Crippen molar-refractivity contribution in [2.45, 2.75) is 33.3 Å². The third kappa shape index (κ3) is 3.29. The quantitative estimate of drug-likeness (QED) is 0.915. The Balaban J connectivity index is 2.34. The van der Waals surface area contributed by atoms with E-state index in [4.69, 9.17) is 4.74 Å². The smallest absolute Gasteiger partial charge is 0.219 e. The monoisotopic (exact) mass is 258 g/mol. The molecule has 0 unspecified atom stereocenters. The molecule has 0 bridgehead atoms. The lowest BCUT2D eigenvalue weighted by Crippen LogP contribution is -1.99. The van der Waals surface area contributed by atoms with Gasteiger partial charge in [0.25, 0.3) is 0 Å². The lowest BCUT2D eigenvalue weighted by atomic mass is 10.1. The molecule has 0 spiro atoms. The Labute approximate surface area is 113 Å². The van der Waals surface area contributed by atoms with E-state index < -0.39 is 0 Å². The van der Waals surface area contributed by atoms with Crippen LogP contribution in [0.3, 0.4) is 0 Å². The molecule has 0 atom stereocenters. The number of hydrogen-bond donors (Lipinski definition) is 1. The maximum Gasteiger partial charge on any atom is 0.219 e. The van der Waals surface area contributed by atoms with E-state index in [0.29, 0.717) is 11.6 Å². The van der Waals surface area contributed by atoms with Gasteiger partial charge in [-0.2, -0.15) is 0 Å². The minimum Gasteiger partial charge on any atom is -0.437 e. The van der Waals surface area contributed by atoms with E-state index in [1.807, 2.05) is 25.1 Å². The summed E-state index contributed by atoms with van der Waals surface area (Å²) in [5.74, 6) is 1.45. The number of ether oxygens (including phenoxy) is 1. The van der Waals surface area contributed by atoms with Crippen LogP contribution in [-0.4, -0.2) is 15.1 Å². The number of aliphatic hydroxyl groups excluding tert-OH is 1. The summed E-state index contributed by atoms with van der Waals surface area (Å²) >= 11 is 0. The molecule has 0 aliphatic heterocycles. The van der Waals surface area contributed by atoms with Crippen LogP contribution < -0.4 is 4.74 Å². The Morgan fingerprint density at radius 2 is 2.11 bits per heavy atom. The number of pyridine rings is 2. The lowest BCUT2D eigenvalue weighted by Gasteiger charge is -2.11. The second kappa shape index (κ2) is 5.80. The van der Waals surface area contributed by atoms with Crippen LogP contribution in [0, 0.1) is 6.92 Å². The summed E-state index contributed by atoms with van der Waals surface area (Å²) in [6, 6.07) is 7.32. The van der Waals surface area contributed by atoms with Gasteiger partial charge in [-0.15, -0.1) is 0 Å². The van der Waals surface area contributed by atoms with Crippen molar-refractivity contribution in [3.8, 4) is 11.6 Å². The summed E-state index contributed by atoms with van der Waals surface area (Å²) in [6.07, 6.45) is 1.72. The molecule has 4 nitrogen and oxygen atoms in total. The molecule has 2 aromatic heterocycles. The summed E-state index contributed by atoms with van der Waals surface area (Å²) in [6.45, 7) is 5.98. The van der Waals surface area contributed by atoms with Crippen molar-refractivity contribution in [2.75, 3.05) is 0 Å². The number of hydrogen-bond acceptors (Lipinski definition) is 4. The molecular weight excluding hydrogens is 240 g/mol. The van der Waals surface area contributed by atoms with E-state index in [1.165, 1.54) is 0 Å². The van der Waals surface area contributed by atoms with Gasteiger partial charge in [-0.25, -0.2) is 4.98 Å². The molecule has 0 amide bonds. The van der Waals surface area contributed by atoms with Crippen LogP contribution in [0.1, 0.15) is 36.7 Å². The second-order valence-corrected chi connectivity index (χ2v) is 4.74. The fourth-order valence-electron chi connectivity index (χ4n) is 1.71. The summed E-state index contributed by atoms with van der Waals surface area (Å²) in [7, 11) is 0. The SMILES string of the molecule is Cc1ncccc1Oc1cc(CO)cc(C(C)C)n1. The van der Waals surface area contributed by atoms with Crippen molar-refractivity contribution in [1.82, 2.24) is 9.97 Å². The van der Waals surface area contributed by atoms with Gasteiger partial charge < -0.3 is 9.84 Å². The van der Waals surface area contributed by atoms with Gasteiger partial charge in [-0.3, -0.25) is 4.98 Å². The Morgan fingerprint density at radius 3 is 2.74 bits per heavy atom. The molecule has 0 saturated carbocycles. The Kier molecular flexibility index (Phi) is 4.12. The predicted molar refractivity (Wildman–Crippen MR) is 73.3 cm³/mol. The van der Waals surface area contributed by atoms with Crippen LogP contribution >= 0.6 is 0 Å². The first kappa shape index (κ1) is 13.5. The van der Waals surface area contributed by atoms with Gasteiger partial charge >= 0.3 is 0 Å². The van der Waals surface area contributed by atoms with E-state index in [0.717, 1.165) is 17.0 Å². The van der Waals surface area contributed by atoms with Crippen molar-refractivity contribution in [1.29, 1.82) is 0 Å². The van der Waals surface area contributed by atoms with Crippen molar-refractivity contribution >= 4 is 0 Å². The van der Waals surface area contributed by atoms with Crippen molar-refractivity contribution in [2.24, 2.45) is 0 Å². The molecule has 0 aliphatic carbocycles. The predicted octanol–water partition coefficient (Wildman–Crippen LogP) is 3.19. The average Bonchev–Trinajstić information content (AvgIpc) is 2.41. The fraction of sp³-hybridized carbons (Fsp3) is 0.333. The minimum absolute atomic E-state index is 0.0232. The standard InChI is InChI=1S/C15H18N2O2/c1-10(2)13-7-12(9-18)8-15(17-13)19-14-5-4-6-16-11(14)3/h4-8,10,18H,9H2,1-3H3. The molecule has 1 N–H and O–H groups in total. The third-order valence-corrected chi connectivity index (χ3v) is 2.83. The molecule has 0 fully saturated rings. The van der Waals surface area contributed by atoms with Gasteiger partial charge in [-0.1, -0.05) is 13.8 Å². The summed E-state index contributed by atoms with van der Waals surface area (Å²) in [5, 5.41) is 9.29. The van der Waals surface area contributed by atoms with Crippen molar-refractivity contribution < 1.29 is 9.84 Å². The van der Waals surface area contributed by atoms with Crippen LogP contribution in [0.2, 0.25) is 0 Å². The van der Waals surface area contributed by atoms with Crippen molar-refractivity contribution in [3.05, 3.63) is 47.4 Å². The van der Waals surface area contributed by atoms with E-state index in [-0.39, 0.29) is 12.5 Å². The zero-order chi connectivity index (χ0) is 13.8.